The number of alkyl halides is 6. The average Bonchev–Trinajstić information content (AvgIpc) is 2.54. The van der Waals surface area contributed by atoms with Crippen LogP contribution in [0.1, 0.15) is 24.8 Å². The van der Waals surface area contributed by atoms with E-state index in [1.807, 2.05) is 0 Å². The molecule has 2 atom stereocenters. The van der Waals surface area contributed by atoms with Crippen molar-refractivity contribution >= 4 is 10.1 Å². The zero-order valence-electron chi connectivity index (χ0n) is 14.7. The van der Waals surface area contributed by atoms with E-state index in [1.54, 1.807) is 0 Å². The molecule has 2 aliphatic rings. The second-order valence-electron chi connectivity index (χ2n) is 7.05. The highest BCUT2D eigenvalue weighted by molar-refractivity contribution is 7.88. The first-order valence-corrected chi connectivity index (χ1v) is 10.0. The molecule has 0 radical (unpaired) electrons. The molecule has 13 heteroatoms. The van der Waals surface area contributed by atoms with Crippen molar-refractivity contribution in [3.8, 4) is 11.5 Å². The third-order valence-electron chi connectivity index (χ3n) is 4.99. The molecule has 1 aliphatic carbocycles. The first-order valence-electron chi connectivity index (χ1n) is 8.60. The minimum absolute atomic E-state index is 0.162. The Morgan fingerprint density at radius 1 is 1.00 bits per heavy atom. The lowest BCUT2D eigenvalue weighted by atomic mass is 9.76. The normalized spacial score (nSPS) is 26.2. The number of fused-ring (bicyclic) bond motifs is 2. The Hall–Kier alpha value is -1.73. The van der Waals surface area contributed by atoms with Gasteiger partial charge in [0.2, 0.25) is 0 Å². The van der Waals surface area contributed by atoms with Crippen LogP contribution in [0.2, 0.25) is 0 Å². The van der Waals surface area contributed by atoms with Gasteiger partial charge in [-0.2, -0.15) is 39.8 Å². The van der Waals surface area contributed by atoms with Crippen LogP contribution >= 0.6 is 0 Å². The Bertz CT molecular complexity index is 842. The SMILES string of the molecule is O=S(=O)(Oc1cc(C(F)(F)F)ccc1OC1[C@H]2CCC[C@H]1CN(O)C2)C(F)(F)F. The quantitative estimate of drug-likeness (QED) is 0.428. The number of halogens is 6. The van der Waals surface area contributed by atoms with Gasteiger partial charge in [-0.15, -0.1) is 0 Å². The summed E-state index contributed by atoms with van der Waals surface area (Å²) in [6, 6.07) is 1.47. The lowest BCUT2D eigenvalue weighted by Gasteiger charge is -2.44. The van der Waals surface area contributed by atoms with Crippen LogP contribution in [0.3, 0.4) is 0 Å². The van der Waals surface area contributed by atoms with Crippen LogP contribution in [0.15, 0.2) is 18.2 Å². The molecule has 0 unspecified atom stereocenters. The van der Waals surface area contributed by atoms with Crippen LogP contribution in [0.4, 0.5) is 26.3 Å². The predicted octanol–water partition coefficient (Wildman–Crippen LogP) is 3.80. The number of hydroxylamine groups is 2. The topological polar surface area (TPSA) is 76.1 Å². The van der Waals surface area contributed by atoms with Crippen molar-refractivity contribution < 1.29 is 48.9 Å². The van der Waals surface area contributed by atoms with E-state index in [1.165, 1.54) is 0 Å². The average molecular weight is 449 g/mol. The van der Waals surface area contributed by atoms with Gasteiger partial charge in [0, 0.05) is 24.9 Å². The molecule has 3 rings (SSSR count). The number of piperidine rings is 1. The Morgan fingerprint density at radius 2 is 1.59 bits per heavy atom. The second kappa shape index (κ2) is 7.51. The van der Waals surface area contributed by atoms with Crippen molar-refractivity contribution in [1.82, 2.24) is 5.06 Å². The summed E-state index contributed by atoms with van der Waals surface area (Å²) in [5, 5.41) is 10.8. The second-order valence-corrected chi connectivity index (χ2v) is 8.59. The molecule has 2 bridgehead atoms. The van der Waals surface area contributed by atoms with Crippen molar-refractivity contribution in [2.24, 2.45) is 11.8 Å². The van der Waals surface area contributed by atoms with E-state index >= 15 is 0 Å². The maximum atomic E-state index is 13.0. The maximum absolute atomic E-state index is 13.0. The number of benzene rings is 1. The first-order chi connectivity index (χ1) is 13.3. The number of nitrogens with zero attached hydrogens (tertiary/aromatic N) is 1. The zero-order chi connectivity index (χ0) is 21.6. The predicted molar refractivity (Wildman–Crippen MR) is 85.7 cm³/mol. The third kappa shape index (κ3) is 4.72. The largest absolute Gasteiger partial charge is 0.534 e. The van der Waals surface area contributed by atoms with Gasteiger partial charge in [-0.3, -0.25) is 0 Å². The molecular weight excluding hydrogens is 432 g/mol. The molecule has 29 heavy (non-hydrogen) atoms. The number of rotatable bonds is 4. The van der Waals surface area contributed by atoms with Gasteiger partial charge in [0.1, 0.15) is 6.10 Å². The minimum atomic E-state index is -6.20. The monoisotopic (exact) mass is 449 g/mol. The van der Waals surface area contributed by atoms with Crippen molar-refractivity contribution in [2.45, 2.75) is 37.1 Å². The van der Waals surface area contributed by atoms with Crippen LogP contribution in [0, 0.1) is 11.8 Å². The summed E-state index contributed by atoms with van der Waals surface area (Å²) in [6.07, 6.45) is -3.44. The first kappa shape index (κ1) is 22.0. The van der Waals surface area contributed by atoms with Gasteiger partial charge in [0.05, 0.1) is 5.56 Å². The molecule has 1 aromatic carbocycles. The van der Waals surface area contributed by atoms with E-state index in [-0.39, 0.29) is 31.0 Å². The molecule has 1 saturated heterocycles. The highest BCUT2D eigenvalue weighted by Gasteiger charge is 2.49. The highest BCUT2D eigenvalue weighted by Crippen LogP contribution is 2.42. The van der Waals surface area contributed by atoms with E-state index in [2.05, 4.69) is 4.18 Å². The van der Waals surface area contributed by atoms with Gasteiger partial charge < -0.3 is 14.1 Å². The molecule has 0 aromatic heterocycles. The van der Waals surface area contributed by atoms with E-state index in [4.69, 9.17) is 4.74 Å². The maximum Gasteiger partial charge on any atom is 0.534 e. The third-order valence-corrected chi connectivity index (χ3v) is 5.95. The fourth-order valence-corrected chi connectivity index (χ4v) is 4.17. The fraction of sp³-hybridized carbons (Fsp3) is 0.625. The molecule has 1 aromatic rings. The molecule has 0 spiro atoms. The van der Waals surface area contributed by atoms with Gasteiger partial charge in [0.15, 0.2) is 11.5 Å². The van der Waals surface area contributed by atoms with E-state index < -0.39 is 45.0 Å². The standard InChI is InChI=1S/C16H17F6NO5S/c17-15(18,19)11-4-5-12(13(6-11)28-29(25,26)16(20,21)22)27-14-9-2-1-3-10(14)8-23(24)7-9/h4-6,9-10,14,24H,1-3,7-8H2/t9-,10-/m0/s1. The van der Waals surface area contributed by atoms with E-state index in [9.17, 15) is 40.0 Å². The lowest BCUT2D eigenvalue weighted by molar-refractivity contribution is -0.170. The molecule has 164 valence electrons. The number of hydrogen-bond donors (Lipinski definition) is 1. The Morgan fingerprint density at radius 3 is 2.10 bits per heavy atom. The Kier molecular flexibility index (Phi) is 5.69. The summed E-state index contributed by atoms with van der Waals surface area (Å²) in [4.78, 5) is 0. The smallest absolute Gasteiger partial charge is 0.486 e. The molecule has 0 amide bonds. The van der Waals surface area contributed by atoms with Crippen molar-refractivity contribution in [2.75, 3.05) is 13.1 Å². The van der Waals surface area contributed by atoms with Crippen molar-refractivity contribution in [3.05, 3.63) is 23.8 Å². The Balaban J connectivity index is 1.95. The van der Waals surface area contributed by atoms with Crippen LogP contribution in [0.5, 0.6) is 11.5 Å². The van der Waals surface area contributed by atoms with Crippen LogP contribution in [-0.4, -0.2) is 43.4 Å². The minimum Gasteiger partial charge on any atom is -0.486 e. The molecular formula is C16H17F6NO5S. The zero-order valence-corrected chi connectivity index (χ0v) is 15.5. The van der Waals surface area contributed by atoms with Crippen molar-refractivity contribution in [3.63, 3.8) is 0 Å². The van der Waals surface area contributed by atoms with E-state index in [0.29, 0.717) is 18.9 Å². The Labute approximate surface area is 162 Å². The molecule has 2 fully saturated rings. The summed E-state index contributed by atoms with van der Waals surface area (Å²) in [5.41, 5.74) is -7.21. The van der Waals surface area contributed by atoms with Gasteiger partial charge in [-0.25, -0.2) is 0 Å². The van der Waals surface area contributed by atoms with Crippen LogP contribution in [0.25, 0.3) is 0 Å². The molecule has 1 saturated carbocycles. The molecule has 1 N–H and O–H groups in total. The highest BCUT2D eigenvalue weighted by atomic mass is 32.2. The fourth-order valence-electron chi connectivity index (χ4n) is 3.71. The van der Waals surface area contributed by atoms with Gasteiger partial charge >= 0.3 is 21.8 Å². The lowest BCUT2D eigenvalue weighted by Crippen LogP contribution is -2.52. The van der Waals surface area contributed by atoms with Crippen LogP contribution in [-0.2, 0) is 16.3 Å². The summed E-state index contributed by atoms with van der Waals surface area (Å²) in [7, 11) is -6.20. The summed E-state index contributed by atoms with van der Waals surface area (Å²) in [5.74, 6) is -2.18. The van der Waals surface area contributed by atoms with Crippen LogP contribution < -0.4 is 8.92 Å². The summed E-state index contributed by atoms with van der Waals surface area (Å²) >= 11 is 0. The van der Waals surface area contributed by atoms with Gasteiger partial charge in [0.25, 0.3) is 0 Å². The molecule has 1 heterocycles. The summed E-state index contributed by atoms with van der Waals surface area (Å²) in [6.45, 7) is 0.442. The van der Waals surface area contributed by atoms with E-state index in [0.717, 1.165) is 17.6 Å². The number of ether oxygens (including phenoxy) is 1. The van der Waals surface area contributed by atoms with Gasteiger partial charge in [-0.1, -0.05) is 6.42 Å². The van der Waals surface area contributed by atoms with Crippen molar-refractivity contribution in [1.29, 1.82) is 0 Å². The molecule has 6 nitrogen and oxygen atoms in total. The van der Waals surface area contributed by atoms with Gasteiger partial charge in [-0.05, 0) is 31.0 Å². The summed E-state index contributed by atoms with van der Waals surface area (Å²) < 4.78 is 109. The number of hydrogen-bond acceptors (Lipinski definition) is 6. The molecule has 1 aliphatic heterocycles.